The molecule has 184 valence electrons. The van der Waals surface area contributed by atoms with E-state index in [2.05, 4.69) is 37.4 Å². The van der Waals surface area contributed by atoms with E-state index in [1.165, 1.54) is 0 Å². The summed E-state index contributed by atoms with van der Waals surface area (Å²) in [5, 5.41) is 12.2. The number of aryl methyl sites for hydroxylation is 2. The Kier molecular flexibility index (Phi) is 8.90. The molecule has 0 bridgehead atoms. The van der Waals surface area contributed by atoms with Gasteiger partial charge < -0.3 is 19.9 Å². The Morgan fingerprint density at radius 1 is 0.914 bits per heavy atom. The summed E-state index contributed by atoms with van der Waals surface area (Å²) in [5.74, 6) is -0.138. The minimum absolute atomic E-state index is 0.197. The molecule has 0 aromatic heterocycles. The second-order valence-electron chi connectivity index (χ2n) is 9.19. The number of benzene rings is 3. The number of hydrogen-bond acceptors (Lipinski definition) is 4. The molecule has 0 heterocycles. The molecule has 0 saturated heterocycles. The molecule has 0 aliphatic carbocycles. The maximum Gasteiger partial charge on any atom is 0.341 e. The summed E-state index contributed by atoms with van der Waals surface area (Å²) < 4.78 is 11.3. The molecule has 3 aromatic carbocycles. The van der Waals surface area contributed by atoms with E-state index in [1.807, 2.05) is 44.2 Å². The molecule has 3 aromatic rings. The van der Waals surface area contributed by atoms with Crippen LogP contribution in [-0.4, -0.2) is 23.6 Å². The predicted molar refractivity (Wildman–Crippen MR) is 136 cm³/mol. The number of carboxylic acid groups (broad SMARTS) is 1. The van der Waals surface area contributed by atoms with Crippen LogP contribution in [0.2, 0.25) is 0 Å². The van der Waals surface area contributed by atoms with Crippen LogP contribution in [0.25, 0.3) is 0 Å². The van der Waals surface area contributed by atoms with Gasteiger partial charge in [-0.25, -0.2) is 4.79 Å². The van der Waals surface area contributed by atoms with Crippen molar-refractivity contribution in [1.82, 2.24) is 5.32 Å². The Hall–Kier alpha value is -3.80. The number of para-hydroxylation sites is 1. The van der Waals surface area contributed by atoms with E-state index in [0.717, 1.165) is 34.4 Å². The number of ether oxygens (including phenoxy) is 2. The van der Waals surface area contributed by atoms with Gasteiger partial charge in [-0.3, -0.25) is 4.79 Å². The second-order valence-corrected chi connectivity index (χ2v) is 9.19. The van der Waals surface area contributed by atoms with Crippen LogP contribution in [0.1, 0.15) is 58.9 Å². The van der Waals surface area contributed by atoms with Gasteiger partial charge in [-0.15, -0.1) is 0 Å². The number of carboxylic acids is 1. The Bertz CT molecular complexity index is 1140. The molecule has 2 N–H and O–H groups in total. The SMILES string of the molecule is Cc1cc(C)cc(C(CC(C)C)NC(=O)c2cc(COc3ccccc3)ccc2OCC(=O)O)c1. The Morgan fingerprint density at radius 3 is 2.23 bits per heavy atom. The predicted octanol–water partition coefficient (Wildman–Crippen LogP) is 5.86. The lowest BCUT2D eigenvalue weighted by molar-refractivity contribution is -0.139. The zero-order chi connectivity index (χ0) is 25.4. The van der Waals surface area contributed by atoms with Crippen molar-refractivity contribution in [3.05, 3.63) is 94.5 Å². The van der Waals surface area contributed by atoms with Gasteiger partial charge in [0.2, 0.25) is 0 Å². The summed E-state index contributed by atoms with van der Waals surface area (Å²) in [6, 6.07) is 20.6. The Balaban J connectivity index is 1.88. The van der Waals surface area contributed by atoms with Crippen LogP contribution in [0.5, 0.6) is 11.5 Å². The highest BCUT2D eigenvalue weighted by Gasteiger charge is 2.21. The van der Waals surface area contributed by atoms with Crippen LogP contribution >= 0.6 is 0 Å². The van der Waals surface area contributed by atoms with Gasteiger partial charge in [-0.05, 0) is 61.6 Å². The van der Waals surface area contributed by atoms with Crippen LogP contribution in [0, 0.1) is 19.8 Å². The van der Waals surface area contributed by atoms with Gasteiger partial charge in [0.25, 0.3) is 5.91 Å². The first-order valence-electron chi connectivity index (χ1n) is 11.8. The van der Waals surface area contributed by atoms with Gasteiger partial charge in [0.05, 0.1) is 11.6 Å². The molecule has 1 atom stereocenters. The largest absolute Gasteiger partial charge is 0.489 e. The molecule has 1 amide bonds. The van der Waals surface area contributed by atoms with E-state index in [0.29, 0.717) is 5.92 Å². The zero-order valence-electron chi connectivity index (χ0n) is 20.7. The summed E-state index contributed by atoms with van der Waals surface area (Å²) in [6.07, 6.45) is 0.761. The van der Waals surface area contributed by atoms with E-state index in [-0.39, 0.29) is 29.9 Å². The van der Waals surface area contributed by atoms with Gasteiger partial charge in [-0.2, -0.15) is 0 Å². The summed E-state index contributed by atoms with van der Waals surface area (Å²) in [4.78, 5) is 24.6. The fourth-order valence-corrected chi connectivity index (χ4v) is 3.99. The van der Waals surface area contributed by atoms with Gasteiger partial charge >= 0.3 is 5.97 Å². The van der Waals surface area contributed by atoms with E-state index < -0.39 is 12.6 Å². The summed E-state index contributed by atoms with van der Waals surface area (Å²) >= 11 is 0. The quantitative estimate of drug-likeness (QED) is 0.363. The number of carbonyl (C=O) groups is 2. The highest BCUT2D eigenvalue weighted by atomic mass is 16.5. The Labute approximate surface area is 206 Å². The molecule has 0 radical (unpaired) electrons. The van der Waals surface area contributed by atoms with Crippen LogP contribution in [0.15, 0.2) is 66.7 Å². The van der Waals surface area contributed by atoms with Crippen LogP contribution in [0.3, 0.4) is 0 Å². The van der Waals surface area contributed by atoms with Gasteiger partial charge in [0, 0.05) is 0 Å². The molecule has 0 aliphatic rings. The third-order valence-corrected chi connectivity index (χ3v) is 5.45. The minimum atomic E-state index is -1.11. The zero-order valence-corrected chi connectivity index (χ0v) is 20.7. The highest BCUT2D eigenvalue weighted by Crippen LogP contribution is 2.27. The standard InChI is InChI=1S/C29H33NO5/c1-19(2)12-26(23-14-20(3)13-21(4)15-23)30-29(33)25-16-22(10-11-27(25)35-18-28(31)32)17-34-24-8-6-5-7-9-24/h5-11,13-16,19,26H,12,17-18H2,1-4H3,(H,30,33)(H,31,32). The van der Waals surface area contributed by atoms with Crippen molar-refractivity contribution in [2.45, 2.75) is 46.8 Å². The first kappa shape index (κ1) is 25.8. The van der Waals surface area contributed by atoms with Gasteiger partial charge in [0.1, 0.15) is 18.1 Å². The monoisotopic (exact) mass is 475 g/mol. The molecule has 0 spiro atoms. The molecule has 35 heavy (non-hydrogen) atoms. The Morgan fingerprint density at radius 2 is 1.60 bits per heavy atom. The van der Waals surface area contributed by atoms with Gasteiger partial charge in [0.15, 0.2) is 6.61 Å². The normalized spacial score (nSPS) is 11.7. The highest BCUT2D eigenvalue weighted by molar-refractivity contribution is 5.97. The molecule has 6 nitrogen and oxygen atoms in total. The molecule has 3 rings (SSSR count). The molecule has 1 unspecified atom stereocenters. The lowest BCUT2D eigenvalue weighted by Crippen LogP contribution is -2.30. The number of rotatable bonds is 11. The number of carbonyl (C=O) groups excluding carboxylic acids is 1. The fraction of sp³-hybridized carbons (Fsp3) is 0.310. The van der Waals surface area contributed by atoms with Crippen molar-refractivity contribution in [3.63, 3.8) is 0 Å². The van der Waals surface area contributed by atoms with Crippen molar-refractivity contribution in [2.75, 3.05) is 6.61 Å². The third kappa shape index (κ3) is 7.88. The first-order chi connectivity index (χ1) is 16.7. The molecule has 0 aliphatic heterocycles. The lowest BCUT2D eigenvalue weighted by atomic mass is 9.94. The maximum atomic E-state index is 13.5. The molecular weight excluding hydrogens is 442 g/mol. The van der Waals surface area contributed by atoms with Crippen molar-refractivity contribution in [3.8, 4) is 11.5 Å². The fourth-order valence-electron chi connectivity index (χ4n) is 3.99. The van der Waals surface area contributed by atoms with Crippen molar-refractivity contribution in [1.29, 1.82) is 0 Å². The number of amides is 1. The van der Waals surface area contributed by atoms with E-state index in [9.17, 15) is 9.59 Å². The molecule has 0 fully saturated rings. The molecule has 0 saturated carbocycles. The number of hydrogen-bond donors (Lipinski definition) is 2. The van der Waals surface area contributed by atoms with E-state index >= 15 is 0 Å². The van der Waals surface area contributed by atoms with E-state index in [4.69, 9.17) is 14.6 Å². The van der Waals surface area contributed by atoms with Crippen LogP contribution < -0.4 is 14.8 Å². The minimum Gasteiger partial charge on any atom is -0.489 e. The smallest absolute Gasteiger partial charge is 0.341 e. The van der Waals surface area contributed by atoms with E-state index in [1.54, 1.807) is 18.2 Å². The average molecular weight is 476 g/mol. The topological polar surface area (TPSA) is 84.9 Å². The second kappa shape index (κ2) is 12.1. The summed E-state index contributed by atoms with van der Waals surface area (Å²) in [7, 11) is 0. The molecule has 6 heteroatoms. The lowest BCUT2D eigenvalue weighted by Gasteiger charge is -2.23. The van der Waals surface area contributed by atoms with Crippen molar-refractivity contribution < 1.29 is 24.2 Å². The summed E-state index contributed by atoms with van der Waals surface area (Å²) in [6.45, 7) is 8.04. The average Bonchev–Trinajstić information content (AvgIpc) is 2.81. The van der Waals surface area contributed by atoms with Gasteiger partial charge in [-0.1, -0.05) is 67.4 Å². The van der Waals surface area contributed by atoms with Crippen LogP contribution in [-0.2, 0) is 11.4 Å². The van der Waals surface area contributed by atoms with Crippen LogP contribution in [0.4, 0.5) is 0 Å². The number of nitrogens with one attached hydrogen (secondary N) is 1. The first-order valence-corrected chi connectivity index (χ1v) is 11.8. The molecular formula is C29H33NO5. The summed E-state index contributed by atoms with van der Waals surface area (Å²) in [5.41, 5.74) is 4.36. The van der Waals surface area contributed by atoms with Crippen molar-refractivity contribution in [2.24, 2.45) is 5.92 Å². The third-order valence-electron chi connectivity index (χ3n) is 5.45. The maximum absolute atomic E-state index is 13.5. The number of aliphatic carboxylic acids is 1. The van der Waals surface area contributed by atoms with Crippen molar-refractivity contribution >= 4 is 11.9 Å².